The minimum Gasteiger partial charge on any atom is -0.391 e. The smallest absolute Gasteiger partial charge is 0.228 e. The molecular formula is C23H34N2O4. The van der Waals surface area contributed by atoms with Gasteiger partial charge >= 0.3 is 0 Å². The summed E-state index contributed by atoms with van der Waals surface area (Å²) in [5, 5.41) is 13.9. The summed E-state index contributed by atoms with van der Waals surface area (Å²) in [4.78, 5) is 26.4. The predicted molar refractivity (Wildman–Crippen MR) is 111 cm³/mol. The van der Waals surface area contributed by atoms with Crippen molar-refractivity contribution in [3.05, 3.63) is 35.9 Å². The van der Waals surface area contributed by atoms with Gasteiger partial charge < -0.3 is 20.1 Å². The second-order valence-electron chi connectivity index (χ2n) is 8.63. The van der Waals surface area contributed by atoms with Gasteiger partial charge in [0, 0.05) is 32.5 Å². The molecule has 160 valence electrons. The quantitative estimate of drug-likeness (QED) is 0.741. The number of carbonyl (C=O) groups is 2. The van der Waals surface area contributed by atoms with Gasteiger partial charge in [-0.3, -0.25) is 9.59 Å². The molecule has 2 N–H and O–H groups in total. The van der Waals surface area contributed by atoms with Gasteiger partial charge in [-0.2, -0.15) is 0 Å². The minimum absolute atomic E-state index is 0.0498. The summed E-state index contributed by atoms with van der Waals surface area (Å²) in [7, 11) is 1.81. The average molecular weight is 403 g/mol. The van der Waals surface area contributed by atoms with Crippen molar-refractivity contribution in [2.24, 2.45) is 5.92 Å². The molecule has 6 heteroatoms. The van der Waals surface area contributed by atoms with E-state index in [1.807, 2.05) is 25.2 Å². The van der Waals surface area contributed by atoms with Gasteiger partial charge in [0.25, 0.3) is 0 Å². The first-order chi connectivity index (χ1) is 13.9. The van der Waals surface area contributed by atoms with Gasteiger partial charge in [-0.05, 0) is 44.1 Å². The minimum atomic E-state index is -0.573. The Bertz CT molecular complexity index is 689. The van der Waals surface area contributed by atoms with Gasteiger partial charge in [-0.1, -0.05) is 30.3 Å². The molecule has 0 aromatic heterocycles. The summed E-state index contributed by atoms with van der Waals surface area (Å²) in [6.07, 6.45) is 4.05. The molecule has 4 atom stereocenters. The lowest BCUT2D eigenvalue weighted by Crippen LogP contribution is -2.48. The molecule has 0 spiro atoms. The van der Waals surface area contributed by atoms with Crippen LogP contribution in [0.5, 0.6) is 0 Å². The summed E-state index contributed by atoms with van der Waals surface area (Å²) >= 11 is 0. The van der Waals surface area contributed by atoms with Crippen LogP contribution in [0.25, 0.3) is 0 Å². The fourth-order valence-electron chi connectivity index (χ4n) is 4.85. The number of hydrogen-bond acceptors (Lipinski definition) is 4. The van der Waals surface area contributed by atoms with E-state index in [0.29, 0.717) is 26.0 Å². The third-order valence-corrected chi connectivity index (χ3v) is 6.70. The number of benzene rings is 1. The normalized spacial score (nSPS) is 30.2. The van der Waals surface area contributed by atoms with Crippen LogP contribution < -0.4 is 5.32 Å². The molecule has 1 saturated heterocycles. The van der Waals surface area contributed by atoms with E-state index in [9.17, 15) is 14.7 Å². The van der Waals surface area contributed by atoms with E-state index in [-0.39, 0.29) is 29.2 Å². The number of ether oxygens (including phenoxy) is 1. The van der Waals surface area contributed by atoms with E-state index in [1.54, 1.807) is 4.90 Å². The lowest BCUT2D eigenvalue weighted by atomic mass is 9.74. The molecule has 1 aliphatic heterocycles. The number of rotatable bonds is 5. The van der Waals surface area contributed by atoms with Gasteiger partial charge in [0.1, 0.15) is 0 Å². The molecule has 0 bridgehead atoms. The number of aliphatic hydroxyl groups excluding tert-OH is 1. The van der Waals surface area contributed by atoms with Crippen LogP contribution >= 0.6 is 0 Å². The maximum absolute atomic E-state index is 13.0. The monoisotopic (exact) mass is 402 g/mol. The summed E-state index contributed by atoms with van der Waals surface area (Å²) in [5.74, 6) is -0.0865. The van der Waals surface area contributed by atoms with E-state index >= 15 is 0 Å². The average Bonchev–Trinajstić information content (AvgIpc) is 2.92. The van der Waals surface area contributed by atoms with Gasteiger partial charge in [0.05, 0.1) is 24.7 Å². The highest BCUT2D eigenvalue weighted by Gasteiger charge is 2.40. The predicted octanol–water partition coefficient (Wildman–Crippen LogP) is 2.25. The number of aliphatic hydroxyl groups is 1. The highest BCUT2D eigenvalue weighted by Crippen LogP contribution is 2.39. The summed E-state index contributed by atoms with van der Waals surface area (Å²) in [6.45, 7) is 3.27. The molecule has 1 saturated carbocycles. The topological polar surface area (TPSA) is 78.9 Å². The first-order valence-corrected chi connectivity index (χ1v) is 10.8. The maximum Gasteiger partial charge on any atom is 0.228 e. The van der Waals surface area contributed by atoms with Crippen molar-refractivity contribution in [3.8, 4) is 0 Å². The molecule has 0 unspecified atom stereocenters. The Morgan fingerprint density at radius 1 is 1.21 bits per heavy atom. The Morgan fingerprint density at radius 2 is 1.93 bits per heavy atom. The summed E-state index contributed by atoms with van der Waals surface area (Å²) < 4.78 is 5.49. The van der Waals surface area contributed by atoms with Crippen LogP contribution in [0.15, 0.2) is 30.3 Å². The van der Waals surface area contributed by atoms with Gasteiger partial charge in [0.15, 0.2) is 0 Å². The van der Waals surface area contributed by atoms with Crippen LogP contribution in [-0.2, 0) is 19.7 Å². The SMILES string of the molecule is CC(=O)NC[C@]1(c2ccccc2)CC[C@@H](O)[C@H](N(C)C(=O)[C@H]2CCCOC2)CC1. The molecule has 2 fully saturated rings. The van der Waals surface area contributed by atoms with Gasteiger partial charge in [-0.15, -0.1) is 0 Å². The fourth-order valence-corrected chi connectivity index (χ4v) is 4.85. The molecule has 1 aromatic carbocycles. The molecular weight excluding hydrogens is 368 g/mol. The van der Waals surface area contributed by atoms with Crippen LogP contribution in [0.4, 0.5) is 0 Å². The van der Waals surface area contributed by atoms with Gasteiger partial charge in [-0.25, -0.2) is 0 Å². The number of hydrogen-bond donors (Lipinski definition) is 2. The molecule has 29 heavy (non-hydrogen) atoms. The van der Waals surface area contributed by atoms with Crippen LogP contribution in [0, 0.1) is 5.92 Å². The summed E-state index contributed by atoms with van der Waals surface area (Å²) in [5.41, 5.74) is 0.941. The van der Waals surface area contributed by atoms with Crippen LogP contribution in [-0.4, -0.2) is 60.8 Å². The van der Waals surface area contributed by atoms with Crippen LogP contribution in [0.2, 0.25) is 0 Å². The molecule has 0 radical (unpaired) electrons. The molecule has 1 aromatic rings. The molecule has 2 amide bonds. The highest BCUT2D eigenvalue weighted by atomic mass is 16.5. The molecule has 2 aliphatic rings. The Kier molecular flexibility index (Phi) is 7.30. The number of nitrogens with one attached hydrogen (secondary N) is 1. The number of amides is 2. The second-order valence-corrected chi connectivity index (χ2v) is 8.63. The fraction of sp³-hybridized carbons (Fsp3) is 0.652. The van der Waals surface area contributed by atoms with Crippen molar-refractivity contribution in [1.82, 2.24) is 10.2 Å². The zero-order valence-electron chi connectivity index (χ0n) is 17.6. The first kappa shape index (κ1) is 21.8. The molecule has 1 heterocycles. The number of likely N-dealkylation sites (N-methyl/N-ethyl adjacent to an activating group) is 1. The van der Waals surface area contributed by atoms with Crippen molar-refractivity contribution in [2.75, 3.05) is 26.8 Å². The third-order valence-electron chi connectivity index (χ3n) is 6.70. The van der Waals surface area contributed by atoms with E-state index in [4.69, 9.17) is 4.74 Å². The Hall–Kier alpha value is -1.92. The van der Waals surface area contributed by atoms with Crippen LogP contribution in [0.1, 0.15) is 51.0 Å². The zero-order chi connectivity index (χ0) is 20.9. The number of carbonyl (C=O) groups excluding carboxylic acids is 2. The van der Waals surface area contributed by atoms with Crippen molar-refractivity contribution >= 4 is 11.8 Å². The standard InChI is InChI=1S/C23H34N2O4/c1-17(26)24-16-23(19-8-4-3-5-9-19)12-10-20(21(27)11-13-23)25(2)22(28)18-7-6-14-29-15-18/h3-5,8-9,18,20-21,27H,6-7,10-16H2,1-2H3,(H,24,26)/t18-,20+,21+,23+/m0/s1. The van der Waals surface area contributed by atoms with E-state index < -0.39 is 6.10 Å². The van der Waals surface area contributed by atoms with E-state index in [1.165, 1.54) is 12.5 Å². The Morgan fingerprint density at radius 3 is 2.59 bits per heavy atom. The zero-order valence-corrected chi connectivity index (χ0v) is 17.6. The number of nitrogens with zero attached hydrogens (tertiary/aromatic N) is 1. The molecule has 1 aliphatic carbocycles. The third kappa shape index (κ3) is 5.17. The van der Waals surface area contributed by atoms with Crippen molar-refractivity contribution in [2.45, 2.75) is 63.0 Å². The second kappa shape index (κ2) is 9.72. The van der Waals surface area contributed by atoms with Crippen molar-refractivity contribution < 1.29 is 19.4 Å². The van der Waals surface area contributed by atoms with Crippen molar-refractivity contribution in [1.29, 1.82) is 0 Å². The largest absolute Gasteiger partial charge is 0.391 e. The Labute approximate surface area is 173 Å². The highest BCUT2D eigenvalue weighted by molar-refractivity contribution is 5.79. The lowest BCUT2D eigenvalue weighted by molar-refractivity contribution is -0.143. The van der Waals surface area contributed by atoms with Gasteiger partial charge in [0.2, 0.25) is 11.8 Å². The van der Waals surface area contributed by atoms with Crippen molar-refractivity contribution in [3.63, 3.8) is 0 Å². The summed E-state index contributed by atoms with van der Waals surface area (Å²) in [6, 6.07) is 10.0. The van der Waals surface area contributed by atoms with E-state index in [2.05, 4.69) is 17.4 Å². The first-order valence-electron chi connectivity index (χ1n) is 10.8. The lowest BCUT2D eigenvalue weighted by Gasteiger charge is -2.35. The van der Waals surface area contributed by atoms with Crippen LogP contribution in [0.3, 0.4) is 0 Å². The Balaban J connectivity index is 1.77. The molecule has 3 rings (SSSR count). The van der Waals surface area contributed by atoms with E-state index in [0.717, 1.165) is 32.3 Å². The maximum atomic E-state index is 13.0. The molecule has 6 nitrogen and oxygen atoms in total.